The molecule has 0 radical (unpaired) electrons. The lowest BCUT2D eigenvalue weighted by Crippen LogP contribution is -2.62. The standard InChI is InChI=1S/C21H24BrN3O4/c1-3-5-12-23-19(26)21(28)17-13-14(22)6-11-18(17)24-20(27)25(21)15-7-9-16(10-8-15)29-4-2/h6-11,13,28H,3-5,12H2,1-2H3,(H,23,26)(H,24,27)/t21-/m1/s1. The van der Waals surface area contributed by atoms with Gasteiger partial charge in [0, 0.05) is 22.3 Å². The Morgan fingerprint density at radius 1 is 1.24 bits per heavy atom. The van der Waals surface area contributed by atoms with Crippen molar-refractivity contribution in [1.82, 2.24) is 5.32 Å². The fourth-order valence-electron chi connectivity index (χ4n) is 3.24. The van der Waals surface area contributed by atoms with Crippen molar-refractivity contribution in [2.75, 3.05) is 23.4 Å². The van der Waals surface area contributed by atoms with E-state index in [-0.39, 0.29) is 5.56 Å². The molecule has 0 aliphatic carbocycles. The van der Waals surface area contributed by atoms with Gasteiger partial charge in [0.1, 0.15) is 5.75 Å². The number of hydrogen-bond acceptors (Lipinski definition) is 4. The molecule has 0 bridgehead atoms. The van der Waals surface area contributed by atoms with Crippen molar-refractivity contribution in [1.29, 1.82) is 0 Å². The highest BCUT2D eigenvalue weighted by Crippen LogP contribution is 2.41. The van der Waals surface area contributed by atoms with E-state index in [0.29, 0.717) is 34.7 Å². The fraction of sp³-hybridized carbons (Fsp3) is 0.333. The van der Waals surface area contributed by atoms with Crippen LogP contribution in [0.1, 0.15) is 32.3 Å². The lowest BCUT2D eigenvalue weighted by Gasteiger charge is -2.42. The summed E-state index contributed by atoms with van der Waals surface area (Å²) in [7, 11) is 0. The minimum absolute atomic E-state index is 0.286. The highest BCUT2D eigenvalue weighted by molar-refractivity contribution is 9.10. The quantitative estimate of drug-likeness (QED) is 0.544. The van der Waals surface area contributed by atoms with Crippen LogP contribution in [0.15, 0.2) is 46.9 Å². The summed E-state index contributed by atoms with van der Waals surface area (Å²) in [5.74, 6) is -0.0261. The molecular formula is C21H24BrN3O4. The number of rotatable bonds is 7. The molecule has 0 saturated heterocycles. The van der Waals surface area contributed by atoms with Gasteiger partial charge in [0.2, 0.25) is 0 Å². The summed E-state index contributed by atoms with van der Waals surface area (Å²) in [5, 5.41) is 17.2. The lowest BCUT2D eigenvalue weighted by atomic mass is 9.94. The Morgan fingerprint density at radius 3 is 2.62 bits per heavy atom. The van der Waals surface area contributed by atoms with Crippen molar-refractivity contribution < 1.29 is 19.4 Å². The number of amides is 3. The second kappa shape index (κ2) is 8.84. The van der Waals surface area contributed by atoms with Gasteiger partial charge in [-0.1, -0.05) is 29.3 Å². The third kappa shape index (κ3) is 4.09. The average molecular weight is 462 g/mol. The molecular weight excluding hydrogens is 438 g/mol. The van der Waals surface area contributed by atoms with E-state index in [2.05, 4.69) is 26.6 Å². The van der Waals surface area contributed by atoms with Gasteiger partial charge in [0.05, 0.1) is 12.3 Å². The number of hydrogen-bond donors (Lipinski definition) is 3. The zero-order valence-electron chi connectivity index (χ0n) is 16.4. The maximum Gasteiger partial charge on any atom is 0.329 e. The smallest absolute Gasteiger partial charge is 0.329 e. The van der Waals surface area contributed by atoms with Crippen LogP contribution >= 0.6 is 15.9 Å². The monoisotopic (exact) mass is 461 g/mol. The lowest BCUT2D eigenvalue weighted by molar-refractivity contribution is -0.140. The molecule has 0 aromatic heterocycles. The molecule has 0 spiro atoms. The van der Waals surface area contributed by atoms with Crippen LogP contribution in [-0.4, -0.2) is 30.2 Å². The highest BCUT2D eigenvalue weighted by Gasteiger charge is 2.52. The maximum absolute atomic E-state index is 13.1. The minimum atomic E-state index is -2.21. The molecule has 1 atom stereocenters. The van der Waals surface area contributed by atoms with Gasteiger partial charge in [-0.15, -0.1) is 0 Å². The second-order valence-electron chi connectivity index (χ2n) is 6.66. The molecule has 3 rings (SSSR count). The number of fused-ring (bicyclic) bond motifs is 1. The first-order valence-electron chi connectivity index (χ1n) is 9.56. The van der Waals surface area contributed by atoms with E-state index in [1.54, 1.807) is 42.5 Å². The van der Waals surface area contributed by atoms with Gasteiger partial charge >= 0.3 is 6.03 Å². The van der Waals surface area contributed by atoms with Gasteiger partial charge in [-0.2, -0.15) is 0 Å². The number of nitrogens with zero attached hydrogens (tertiary/aromatic N) is 1. The number of halogens is 1. The van der Waals surface area contributed by atoms with E-state index in [1.165, 1.54) is 0 Å². The Balaban J connectivity index is 2.09. The van der Waals surface area contributed by atoms with Crippen LogP contribution in [0, 0.1) is 0 Å². The third-order valence-electron chi connectivity index (χ3n) is 4.66. The summed E-state index contributed by atoms with van der Waals surface area (Å²) < 4.78 is 6.12. The topological polar surface area (TPSA) is 90.9 Å². The van der Waals surface area contributed by atoms with Crippen LogP contribution in [0.25, 0.3) is 0 Å². The third-order valence-corrected chi connectivity index (χ3v) is 5.16. The molecule has 1 aliphatic rings. The number of urea groups is 1. The highest BCUT2D eigenvalue weighted by atomic mass is 79.9. The van der Waals surface area contributed by atoms with E-state index in [4.69, 9.17) is 4.74 Å². The predicted molar refractivity (Wildman–Crippen MR) is 115 cm³/mol. The Bertz CT molecular complexity index is 903. The summed E-state index contributed by atoms with van der Waals surface area (Å²) in [6.45, 7) is 4.79. The van der Waals surface area contributed by atoms with Crippen molar-refractivity contribution >= 4 is 39.2 Å². The summed E-state index contributed by atoms with van der Waals surface area (Å²) in [5.41, 5.74) is -1.17. The number of benzene rings is 2. The fourth-order valence-corrected chi connectivity index (χ4v) is 3.60. The van der Waals surface area contributed by atoms with E-state index in [0.717, 1.165) is 17.7 Å². The zero-order chi connectivity index (χ0) is 21.0. The van der Waals surface area contributed by atoms with Crippen LogP contribution in [0.3, 0.4) is 0 Å². The molecule has 8 heteroatoms. The van der Waals surface area contributed by atoms with E-state index < -0.39 is 17.7 Å². The molecule has 154 valence electrons. The average Bonchev–Trinajstić information content (AvgIpc) is 2.70. The summed E-state index contributed by atoms with van der Waals surface area (Å²) in [6, 6.07) is 11.1. The van der Waals surface area contributed by atoms with Crippen LogP contribution in [0.2, 0.25) is 0 Å². The maximum atomic E-state index is 13.1. The molecule has 2 aromatic carbocycles. The van der Waals surface area contributed by atoms with Gasteiger partial charge in [0.25, 0.3) is 11.6 Å². The van der Waals surface area contributed by atoms with Gasteiger partial charge in [-0.3, -0.25) is 9.69 Å². The zero-order valence-corrected chi connectivity index (χ0v) is 18.0. The predicted octanol–water partition coefficient (Wildman–Crippen LogP) is 3.96. The minimum Gasteiger partial charge on any atom is -0.494 e. The summed E-state index contributed by atoms with van der Waals surface area (Å²) in [6.07, 6.45) is 1.66. The molecule has 7 nitrogen and oxygen atoms in total. The number of unbranched alkanes of at least 4 members (excludes halogenated alkanes) is 1. The number of ether oxygens (including phenoxy) is 1. The number of aliphatic hydroxyl groups is 1. The van der Waals surface area contributed by atoms with Gasteiger partial charge < -0.3 is 20.5 Å². The first kappa shape index (κ1) is 21.1. The molecule has 1 heterocycles. The van der Waals surface area contributed by atoms with Crippen molar-refractivity contribution in [2.24, 2.45) is 0 Å². The van der Waals surface area contributed by atoms with Crippen LogP contribution in [0.5, 0.6) is 5.75 Å². The van der Waals surface area contributed by atoms with Crippen molar-refractivity contribution in [2.45, 2.75) is 32.4 Å². The number of carbonyl (C=O) groups is 2. The van der Waals surface area contributed by atoms with E-state index >= 15 is 0 Å². The first-order valence-corrected chi connectivity index (χ1v) is 10.4. The van der Waals surface area contributed by atoms with Crippen LogP contribution in [-0.2, 0) is 10.5 Å². The molecule has 0 saturated carbocycles. The molecule has 0 unspecified atom stereocenters. The van der Waals surface area contributed by atoms with Crippen LogP contribution < -0.4 is 20.3 Å². The molecule has 1 aliphatic heterocycles. The van der Waals surface area contributed by atoms with Crippen molar-refractivity contribution in [3.8, 4) is 5.75 Å². The van der Waals surface area contributed by atoms with Crippen molar-refractivity contribution in [3.05, 3.63) is 52.5 Å². The Morgan fingerprint density at radius 2 is 1.97 bits per heavy atom. The first-order chi connectivity index (χ1) is 13.9. The number of anilines is 2. The van der Waals surface area contributed by atoms with Gasteiger partial charge in [-0.05, 0) is 55.8 Å². The van der Waals surface area contributed by atoms with E-state index in [1.807, 2.05) is 13.8 Å². The van der Waals surface area contributed by atoms with E-state index in [9.17, 15) is 14.7 Å². The van der Waals surface area contributed by atoms with Gasteiger partial charge in [0.15, 0.2) is 0 Å². The number of carbonyl (C=O) groups excluding carboxylic acids is 2. The summed E-state index contributed by atoms with van der Waals surface area (Å²) >= 11 is 3.38. The Labute approximate surface area is 178 Å². The SMILES string of the molecule is CCCCNC(=O)[C@]1(O)c2cc(Br)ccc2NC(=O)N1c1ccc(OCC)cc1. The molecule has 0 fully saturated rings. The molecule has 2 aromatic rings. The Kier molecular flexibility index (Phi) is 6.44. The second-order valence-corrected chi connectivity index (χ2v) is 7.58. The molecule has 3 amide bonds. The molecule has 29 heavy (non-hydrogen) atoms. The van der Waals surface area contributed by atoms with Gasteiger partial charge in [-0.25, -0.2) is 4.79 Å². The Hall–Kier alpha value is -2.58. The normalized spacial score (nSPS) is 18.1. The van der Waals surface area contributed by atoms with Crippen molar-refractivity contribution in [3.63, 3.8) is 0 Å². The van der Waals surface area contributed by atoms with Crippen LogP contribution in [0.4, 0.5) is 16.2 Å². The number of nitrogens with one attached hydrogen (secondary N) is 2. The largest absolute Gasteiger partial charge is 0.494 e. The molecule has 3 N–H and O–H groups in total. The summed E-state index contributed by atoms with van der Waals surface area (Å²) in [4.78, 5) is 27.1.